The highest BCUT2D eigenvalue weighted by molar-refractivity contribution is 7.85. The van der Waals surface area contributed by atoms with Gasteiger partial charge in [-0.2, -0.15) is 0 Å². The Hall–Kier alpha value is -0.670. The van der Waals surface area contributed by atoms with Crippen molar-refractivity contribution in [3.8, 4) is 0 Å². The fourth-order valence-corrected chi connectivity index (χ4v) is 4.16. The van der Waals surface area contributed by atoms with E-state index in [1.54, 1.807) is 0 Å². The molecule has 1 rings (SSSR count). The van der Waals surface area contributed by atoms with E-state index in [1.165, 1.54) is 16.7 Å². The van der Waals surface area contributed by atoms with E-state index in [4.69, 9.17) is 0 Å². The average Bonchev–Trinajstić information content (AvgIpc) is 2.43. The van der Waals surface area contributed by atoms with Gasteiger partial charge in [-0.15, -0.1) is 0 Å². The van der Waals surface area contributed by atoms with Crippen molar-refractivity contribution in [1.29, 1.82) is 0 Å². The molecule has 0 heterocycles. The Labute approximate surface area is 133 Å². The first-order valence-corrected chi connectivity index (χ1v) is 9.62. The highest BCUT2D eigenvalue weighted by atomic mass is 32.2. The van der Waals surface area contributed by atoms with Crippen molar-refractivity contribution in [3.63, 3.8) is 0 Å². The van der Waals surface area contributed by atoms with E-state index in [-0.39, 0.29) is 6.04 Å². The molecule has 21 heavy (non-hydrogen) atoms. The second kappa shape index (κ2) is 9.37. The van der Waals surface area contributed by atoms with Gasteiger partial charge in [-0.1, -0.05) is 51.0 Å². The number of nitrogens with one attached hydrogen (secondary N) is 1. The first kappa shape index (κ1) is 18.4. The van der Waals surface area contributed by atoms with E-state index >= 15 is 0 Å². The maximum absolute atomic E-state index is 12.4. The third-order valence-corrected chi connectivity index (χ3v) is 5.61. The monoisotopic (exact) mass is 309 g/mol. The molecule has 0 saturated carbocycles. The van der Waals surface area contributed by atoms with Crippen molar-refractivity contribution in [2.45, 2.75) is 53.5 Å². The largest absolute Gasteiger partial charge is 0.309 e. The van der Waals surface area contributed by atoms with Crippen molar-refractivity contribution in [1.82, 2.24) is 5.32 Å². The molecule has 0 amide bonds. The fraction of sp³-hybridized carbons (Fsp3) is 0.667. The van der Waals surface area contributed by atoms with Crippen LogP contribution in [-0.2, 0) is 10.8 Å². The summed E-state index contributed by atoms with van der Waals surface area (Å²) in [6, 6.07) is 6.77. The lowest BCUT2D eigenvalue weighted by Crippen LogP contribution is -2.29. The molecular weight excluding hydrogens is 278 g/mol. The molecular formula is C18H31NOS. The quantitative estimate of drug-likeness (QED) is 0.743. The van der Waals surface area contributed by atoms with Gasteiger partial charge in [-0.3, -0.25) is 4.21 Å². The van der Waals surface area contributed by atoms with Crippen LogP contribution in [0, 0.1) is 19.8 Å². The molecule has 2 nitrogen and oxygen atoms in total. The topological polar surface area (TPSA) is 29.1 Å². The van der Waals surface area contributed by atoms with Gasteiger partial charge in [-0.25, -0.2) is 0 Å². The minimum absolute atomic E-state index is 0.204. The van der Waals surface area contributed by atoms with E-state index in [0.29, 0.717) is 11.7 Å². The lowest BCUT2D eigenvalue weighted by Gasteiger charge is -2.21. The van der Waals surface area contributed by atoms with Crippen LogP contribution in [0.15, 0.2) is 18.2 Å². The zero-order valence-electron chi connectivity index (χ0n) is 14.2. The zero-order chi connectivity index (χ0) is 15.8. The van der Waals surface area contributed by atoms with Crippen molar-refractivity contribution in [3.05, 3.63) is 34.9 Å². The molecule has 1 N–H and O–H groups in total. The van der Waals surface area contributed by atoms with Gasteiger partial charge in [0.1, 0.15) is 0 Å². The lowest BCUT2D eigenvalue weighted by molar-refractivity contribution is 0.562. The van der Waals surface area contributed by atoms with Gasteiger partial charge in [0.25, 0.3) is 0 Å². The Balaban J connectivity index is 2.82. The van der Waals surface area contributed by atoms with Crippen LogP contribution in [0.3, 0.4) is 0 Å². The fourth-order valence-electron chi connectivity index (χ4n) is 2.48. The number of hydrogen-bond acceptors (Lipinski definition) is 2. The van der Waals surface area contributed by atoms with Gasteiger partial charge < -0.3 is 5.32 Å². The maximum atomic E-state index is 12.4. The molecule has 0 fully saturated rings. The third kappa shape index (κ3) is 6.31. The van der Waals surface area contributed by atoms with E-state index in [2.05, 4.69) is 58.1 Å². The predicted molar refractivity (Wildman–Crippen MR) is 94.3 cm³/mol. The summed E-state index contributed by atoms with van der Waals surface area (Å²) < 4.78 is 12.4. The van der Waals surface area contributed by atoms with E-state index in [1.807, 2.05) is 0 Å². The van der Waals surface area contributed by atoms with Gasteiger partial charge >= 0.3 is 0 Å². The summed E-state index contributed by atoms with van der Waals surface area (Å²) in [6.07, 6.45) is 2.20. The molecule has 3 heteroatoms. The number of aryl methyl sites for hydroxylation is 2. The summed E-state index contributed by atoms with van der Waals surface area (Å²) in [6.45, 7) is 11.8. The molecule has 0 aliphatic carbocycles. The van der Waals surface area contributed by atoms with Gasteiger partial charge in [0, 0.05) is 28.3 Å². The molecule has 120 valence electrons. The Kier molecular flexibility index (Phi) is 8.20. The van der Waals surface area contributed by atoms with Crippen LogP contribution in [0.4, 0.5) is 0 Å². The second-order valence-electron chi connectivity index (χ2n) is 6.15. The van der Waals surface area contributed by atoms with Crippen molar-refractivity contribution >= 4 is 10.8 Å². The molecule has 1 aromatic carbocycles. The first-order chi connectivity index (χ1) is 9.97. The Morgan fingerprint density at radius 2 is 1.90 bits per heavy atom. The van der Waals surface area contributed by atoms with Crippen LogP contribution in [0.25, 0.3) is 0 Å². The van der Waals surface area contributed by atoms with Crippen LogP contribution in [0.2, 0.25) is 0 Å². The van der Waals surface area contributed by atoms with E-state index < -0.39 is 10.8 Å². The highest BCUT2D eigenvalue weighted by Gasteiger charge is 2.17. The highest BCUT2D eigenvalue weighted by Crippen LogP contribution is 2.21. The molecule has 0 aliphatic heterocycles. The molecule has 0 aliphatic rings. The zero-order valence-corrected chi connectivity index (χ0v) is 15.1. The third-order valence-electron chi connectivity index (χ3n) is 3.96. The number of hydrogen-bond donors (Lipinski definition) is 1. The van der Waals surface area contributed by atoms with Crippen molar-refractivity contribution < 1.29 is 4.21 Å². The Morgan fingerprint density at radius 1 is 1.19 bits per heavy atom. The van der Waals surface area contributed by atoms with Gasteiger partial charge in [0.05, 0.1) is 0 Å². The van der Waals surface area contributed by atoms with Crippen LogP contribution < -0.4 is 5.32 Å². The molecule has 0 aromatic heterocycles. The number of benzene rings is 1. The molecule has 0 radical (unpaired) electrons. The van der Waals surface area contributed by atoms with Gasteiger partial charge in [0.15, 0.2) is 0 Å². The summed E-state index contributed by atoms with van der Waals surface area (Å²) in [5.41, 5.74) is 3.88. The normalized spacial score (nSPS) is 15.7. The predicted octanol–water partition coefficient (Wildman–Crippen LogP) is 4.14. The van der Waals surface area contributed by atoms with Crippen LogP contribution in [-0.4, -0.2) is 22.3 Å². The van der Waals surface area contributed by atoms with Gasteiger partial charge in [0.2, 0.25) is 0 Å². The average molecular weight is 310 g/mol. The van der Waals surface area contributed by atoms with Crippen molar-refractivity contribution in [2.24, 2.45) is 5.92 Å². The molecule has 3 unspecified atom stereocenters. The summed E-state index contributed by atoms with van der Waals surface area (Å²) in [5.74, 6) is 2.07. The first-order valence-electron chi connectivity index (χ1n) is 8.13. The standard InChI is InChI=1S/C18H31NOS/c1-6-10-19-18(13-21(20)12-14(3)7-2)17-9-8-15(4)11-16(17)5/h8-9,11,14,18-19H,6-7,10,12-13H2,1-5H3. The summed E-state index contributed by atoms with van der Waals surface area (Å²) in [4.78, 5) is 0. The maximum Gasteiger partial charge on any atom is 0.0439 e. The van der Waals surface area contributed by atoms with Gasteiger partial charge in [-0.05, 0) is 43.9 Å². The minimum atomic E-state index is -0.760. The van der Waals surface area contributed by atoms with Crippen LogP contribution in [0.5, 0.6) is 0 Å². The van der Waals surface area contributed by atoms with E-state index in [0.717, 1.165) is 25.1 Å². The Bertz CT molecular complexity index is 459. The van der Waals surface area contributed by atoms with E-state index in [9.17, 15) is 4.21 Å². The smallest absolute Gasteiger partial charge is 0.0439 e. The summed E-state index contributed by atoms with van der Waals surface area (Å²) in [5, 5.41) is 3.58. The molecule has 1 aromatic rings. The summed E-state index contributed by atoms with van der Waals surface area (Å²) in [7, 11) is -0.760. The minimum Gasteiger partial charge on any atom is -0.309 e. The summed E-state index contributed by atoms with van der Waals surface area (Å²) >= 11 is 0. The molecule has 0 bridgehead atoms. The SMILES string of the molecule is CCCNC(CS(=O)CC(C)CC)c1ccc(C)cc1C. The second-order valence-corrected chi connectivity index (χ2v) is 7.70. The molecule has 3 atom stereocenters. The number of rotatable bonds is 9. The lowest BCUT2D eigenvalue weighted by atomic mass is 10.00. The van der Waals surface area contributed by atoms with Crippen molar-refractivity contribution in [2.75, 3.05) is 18.1 Å². The van der Waals surface area contributed by atoms with Crippen LogP contribution >= 0.6 is 0 Å². The molecule has 0 spiro atoms. The Morgan fingerprint density at radius 3 is 2.48 bits per heavy atom. The van der Waals surface area contributed by atoms with Crippen LogP contribution in [0.1, 0.15) is 56.3 Å². The molecule has 0 saturated heterocycles.